The van der Waals surface area contributed by atoms with E-state index in [0.717, 1.165) is 27.7 Å². The lowest BCUT2D eigenvalue weighted by atomic mass is 9.99. The van der Waals surface area contributed by atoms with Gasteiger partial charge in [0.1, 0.15) is 0 Å². The molecule has 26 heavy (non-hydrogen) atoms. The normalized spacial score (nSPS) is 13.2. The van der Waals surface area contributed by atoms with Crippen molar-refractivity contribution in [3.8, 4) is 22.6 Å². The lowest BCUT2D eigenvalue weighted by Gasteiger charge is -2.13. The molecule has 6 nitrogen and oxygen atoms in total. The van der Waals surface area contributed by atoms with Crippen molar-refractivity contribution in [2.75, 3.05) is 27.0 Å². The molecule has 2 aromatic carbocycles. The summed E-state index contributed by atoms with van der Waals surface area (Å²) in [6.45, 7) is 0.467. The summed E-state index contributed by atoms with van der Waals surface area (Å²) in [5, 5.41) is 0.777. The number of ether oxygens (including phenoxy) is 2. The van der Waals surface area contributed by atoms with Crippen LogP contribution in [0.2, 0.25) is 0 Å². The Morgan fingerprint density at radius 2 is 1.88 bits per heavy atom. The number of pyridine rings is 1. The minimum Gasteiger partial charge on any atom is -0.493 e. The van der Waals surface area contributed by atoms with Crippen molar-refractivity contribution in [1.82, 2.24) is 9.88 Å². The number of anilines is 1. The molecule has 1 aliphatic heterocycles. The first-order valence-corrected chi connectivity index (χ1v) is 8.24. The van der Waals surface area contributed by atoms with E-state index in [1.54, 1.807) is 26.2 Å². The van der Waals surface area contributed by atoms with Gasteiger partial charge in [0.25, 0.3) is 5.91 Å². The first kappa shape index (κ1) is 16.2. The van der Waals surface area contributed by atoms with Crippen LogP contribution < -0.4 is 15.2 Å². The van der Waals surface area contributed by atoms with Crippen LogP contribution >= 0.6 is 0 Å². The average Bonchev–Trinajstić information content (AvgIpc) is 2.95. The van der Waals surface area contributed by atoms with Gasteiger partial charge in [-0.2, -0.15) is 0 Å². The highest BCUT2D eigenvalue weighted by atomic mass is 16.5. The second-order valence-corrected chi connectivity index (χ2v) is 6.28. The summed E-state index contributed by atoms with van der Waals surface area (Å²) >= 11 is 0. The molecule has 1 aromatic heterocycles. The second kappa shape index (κ2) is 5.91. The third-order valence-corrected chi connectivity index (χ3v) is 4.77. The fourth-order valence-electron chi connectivity index (χ4n) is 3.44. The molecule has 1 aliphatic rings. The molecular formula is C20H19N3O3. The maximum absolute atomic E-state index is 12.3. The van der Waals surface area contributed by atoms with Gasteiger partial charge in [-0.1, -0.05) is 24.3 Å². The van der Waals surface area contributed by atoms with Crippen LogP contribution in [0.5, 0.6) is 11.5 Å². The molecule has 0 radical (unpaired) electrons. The summed E-state index contributed by atoms with van der Waals surface area (Å²) in [6.07, 6.45) is 0. The van der Waals surface area contributed by atoms with Gasteiger partial charge in [0.15, 0.2) is 11.5 Å². The number of aromatic nitrogens is 1. The summed E-state index contributed by atoms with van der Waals surface area (Å²) in [6, 6.07) is 11.5. The van der Waals surface area contributed by atoms with Gasteiger partial charge in [-0.05, 0) is 17.7 Å². The minimum atomic E-state index is -0.0802. The predicted molar refractivity (Wildman–Crippen MR) is 100 cm³/mol. The van der Waals surface area contributed by atoms with Crippen LogP contribution in [0.1, 0.15) is 16.1 Å². The standard InChI is InChI=1S/C20H19N3O3/c1-23-10-14-17(20(23)24)18(21)13-6-4-5-12(19(13)22-14)11-7-8-15(25-2)16(9-11)26-3/h4-9H,10H2,1-3H3,(H2,21,22). The molecule has 4 rings (SSSR count). The number of hydrogen-bond donors (Lipinski definition) is 1. The van der Waals surface area contributed by atoms with E-state index in [0.29, 0.717) is 29.3 Å². The average molecular weight is 349 g/mol. The van der Waals surface area contributed by atoms with Gasteiger partial charge >= 0.3 is 0 Å². The molecule has 6 heteroatoms. The molecule has 0 bridgehead atoms. The Morgan fingerprint density at radius 3 is 2.62 bits per heavy atom. The number of carbonyl (C=O) groups is 1. The zero-order valence-electron chi connectivity index (χ0n) is 14.9. The van der Waals surface area contributed by atoms with Crippen molar-refractivity contribution in [1.29, 1.82) is 0 Å². The topological polar surface area (TPSA) is 77.7 Å². The number of benzene rings is 2. The van der Waals surface area contributed by atoms with E-state index in [2.05, 4.69) is 0 Å². The number of nitrogens with zero attached hydrogens (tertiary/aromatic N) is 2. The van der Waals surface area contributed by atoms with Crippen LogP contribution in [0.4, 0.5) is 5.69 Å². The van der Waals surface area contributed by atoms with E-state index in [1.807, 2.05) is 36.4 Å². The Hall–Kier alpha value is -3.28. The van der Waals surface area contributed by atoms with Crippen molar-refractivity contribution in [3.63, 3.8) is 0 Å². The van der Waals surface area contributed by atoms with Crippen LogP contribution in [0.3, 0.4) is 0 Å². The number of fused-ring (bicyclic) bond motifs is 2. The Kier molecular flexibility index (Phi) is 3.68. The first-order chi connectivity index (χ1) is 12.5. The zero-order valence-corrected chi connectivity index (χ0v) is 14.9. The molecule has 0 aliphatic carbocycles. The smallest absolute Gasteiger partial charge is 0.258 e. The molecule has 1 amide bonds. The SMILES string of the molecule is COc1ccc(-c2cccc3c(N)c4c(nc23)CN(C)C4=O)cc1OC. The molecule has 0 atom stereocenters. The number of hydrogen-bond acceptors (Lipinski definition) is 5. The van der Waals surface area contributed by atoms with Crippen molar-refractivity contribution < 1.29 is 14.3 Å². The van der Waals surface area contributed by atoms with E-state index < -0.39 is 0 Å². The van der Waals surface area contributed by atoms with Gasteiger partial charge in [0.05, 0.1) is 43.2 Å². The minimum absolute atomic E-state index is 0.0802. The molecule has 3 aromatic rings. The van der Waals surface area contributed by atoms with Gasteiger partial charge in [-0.3, -0.25) is 4.79 Å². The molecule has 132 valence electrons. The highest BCUT2D eigenvalue weighted by Crippen LogP contribution is 2.38. The lowest BCUT2D eigenvalue weighted by molar-refractivity contribution is 0.0817. The fraction of sp³-hybridized carbons (Fsp3) is 0.200. The number of rotatable bonds is 3. The van der Waals surface area contributed by atoms with Crippen molar-refractivity contribution in [2.45, 2.75) is 6.54 Å². The number of nitrogens with two attached hydrogens (primary N) is 1. The van der Waals surface area contributed by atoms with E-state index in [4.69, 9.17) is 20.2 Å². The summed E-state index contributed by atoms with van der Waals surface area (Å²) in [5.74, 6) is 1.23. The highest BCUT2D eigenvalue weighted by Gasteiger charge is 2.30. The molecular weight excluding hydrogens is 330 g/mol. The molecule has 0 saturated heterocycles. The Bertz CT molecular complexity index is 1050. The first-order valence-electron chi connectivity index (χ1n) is 8.24. The quantitative estimate of drug-likeness (QED) is 0.786. The Morgan fingerprint density at radius 1 is 1.12 bits per heavy atom. The van der Waals surface area contributed by atoms with Crippen LogP contribution in [0, 0.1) is 0 Å². The molecule has 2 heterocycles. The predicted octanol–water partition coefficient (Wildman–Crippen LogP) is 3.09. The zero-order chi connectivity index (χ0) is 18.4. The number of carbonyl (C=O) groups excluding carboxylic acids is 1. The maximum atomic E-state index is 12.3. The van der Waals surface area contributed by atoms with Crippen LogP contribution in [-0.4, -0.2) is 37.1 Å². The number of nitrogen functional groups attached to an aromatic ring is 1. The van der Waals surface area contributed by atoms with E-state index in [-0.39, 0.29) is 5.91 Å². The number of amides is 1. The summed E-state index contributed by atoms with van der Waals surface area (Å²) in [5.41, 5.74) is 10.7. The third-order valence-electron chi connectivity index (χ3n) is 4.77. The van der Waals surface area contributed by atoms with Gasteiger partial charge in [-0.25, -0.2) is 4.98 Å². The summed E-state index contributed by atoms with van der Waals surface area (Å²) in [4.78, 5) is 18.8. The highest BCUT2D eigenvalue weighted by molar-refractivity contribution is 6.11. The molecule has 0 unspecified atom stereocenters. The maximum Gasteiger partial charge on any atom is 0.258 e. The second-order valence-electron chi connectivity index (χ2n) is 6.28. The fourth-order valence-corrected chi connectivity index (χ4v) is 3.44. The third kappa shape index (κ3) is 2.26. The Balaban J connectivity index is 1.97. The Labute approximate surface area is 151 Å². The van der Waals surface area contributed by atoms with Crippen LogP contribution in [0.25, 0.3) is 22.0 Å². The molecule has 2 N–H and O–H groups in total. The number of methoxy groups -OCH3 is 2. The van der Waals surface area contributed by atoms with Crippen molar-refractivity contribution >= 4 is 22.5 Å². The van der Waals surface area contributed by atoms with E-state index in [1.165, 1.54) is 0 Å². The molecule has 0 saturated carbocycles. The van der Waals surface area contributed by atoms with Gasteiger partial charge < -0.3 is 20.1 Å². The monoisotopic (exact) mass is 349 g/mol. The van der Waals surface area contributed by atoms with Crippen molar-refractivity contribution in [2.24, 2.45) is 0 Å². The van der Waals surface area contributed by atoms with E-state index >= 15 is 0 Å². The van der Waals surface area contributed by atoms with Gasteiger partial charge in [0, 0.05) is 18.0 Å². The summed E-state index contributed by atoms with van der Waals surface area (Å²) < 4.78 is 10.7. The van der Waals surface area contributed by atoms with E-state index in [9.17, 15) is 4.79 Å². The van der Waals surface area contributed by atoms with Gasteiger partial charge in [0.2, 0.25) is 0 Å². The molecule has 0 spiro atoms. The van der Waals surface area contributed by atoms with Crippen LogP contribution in [-0.2, 0) is 6.54 Å². The molecule has 0 fully saturated rings. The number of para-hydroxylation sites is 1. The van der Waals surface area contributed by atoms with Crippen LogP contribution in [0.15, 0.2) is 36.4 Å². The van der Waals surface area contributed by atoms with Crippen molar-refractivity contribution in [3.05, 3.63) is 47.7 Å². The largest absolute Gasteiger partial charge is 0.493 e. The lowest BCUT2D eigenvalue weighted by Crippen LogP contribution is -2.18. The summed E-state index contributed by atoms with van der Waals surface area (Å²) in [7, 11) is 4.97. The van der Waals surface area contributed by atoms with Gasteiger partial charge in [-0.15, -0.1) is 0 Å².